The van der Waals surface area contributed by atoms with E-state index in [0.29, 0.717) is 12.2 Å². The van der Waals surface area contributed by atoms with Crippen molar-refractivity contribution in [2.75, 3.05) is 0 Å². The molecular formula is C10H9NO3. The molecule has 0 aliphatic heterocycles. The van der Waals surface area contributed by atoms with E-state index < -0.39 is 5.97 Å². The molecule has 0 atom stereocenters. The molecule has 1 N–H and O–H groups in total. The van der Waals surface area contributed by atoms with Crippen LogP contribution in [0.5, 0.6) is 5.75 Å². The first-order chi connectivity index (χ1) is 6.74. The van der Waals surface area contributed by atoms with Crippen molar-refractivity contribution in [2.45, 2.75) is 13.3 Å². The molecule has 0 bridgehead atoms. The highest BCUT2D eigenvalue weighted by Gasteiger charge is 2.02. The smallest absolute Gasteiger partial charge is 0.354 e. The molecule has 1 aromatic rings. The summed E-state index contributed by atoms with van der Waals surface area (Å²) in [4.78, 5) is 14.1. The van der Waals surface area contributed by atoms with Crippen LogP contribution in [0.1, 0.15) is 23.8 Å². The van der Waals surface area contributed by atoms with Crippen molar-refractivity contribution >= 4 is 5.97 Å². The minimum absolute atomic E-state index is 0.0131. The van der Waals surface area contributed by atoms with Gasteiger partial charge in [0.2, 0.25) is 0 Å². The monoisotopic (exact) mass is 191 g/mol. The van der Waals surface area contributed by atoms with E-state index in [2.05, 4.69) is 17.0 Å². The van der Waals surface area contributed by atoms with Crippen molar-refractivity contribution in [1.29, 1.82) is 0 Å². The zero-order valence-corrected chi connectivity index (χ0v) is 7.65. The van der Waals surface area contributed by atoms with Crippen LogP contribution < -0.4 is 4.74 Å². The molecule has 0 spiro atoms. The van der Waals surface area contributed by atoms with Gasteiger partial charge < -0.3 is 9.84 Å². The lowest BCUT2D eigenvalue weighted by molar-refractivity contribution is 0.0690. The van der Waals surface area contributed by atoms with Gasteiger partial charge in [0.15, 0.2) is 5.75 Å². The molecule has 0 fully saturated rings. The van der Waals surface area contributed by atoms with Crippen molar-refractivity contribution < 1.29 is 14.6 Å². The normalized spacial score (nSPS) is 8.64. The van der Waals surface area contributed by atoms with Gasteiger partial charge in [0.1, 0.15) is 11.8 Å². The number of aromatic carboxylic acids is 1. The topological polar surface area (TPSA) is 59.4 Å². The molecule has 0 amide bonds. The summed E-state index contributed by atoms with van der Waals surface area (Å²) in [5, 5.41) is 8.56. The van der Waals surface area contributed by atoms with E-state index in [1.165, 1.54) is 18.3 Å². The lowest BCUT2D eigenvalue weighted by atomic mass is 10.3. The van der Waals surface area contributed by atoms with Gasteiger partial charge >= 0.3 is 5.97 Å². The second-order valence-corrected chi connectivity index (χ2v) is 2.42. The quantitative estimate of drug-likeness (QED) is 0.720. The van der Waals surface area contributed by atoms with Gasteiger partial charge in [-0.1, -0.05) is 12.8 Å². The molecule has 0 saturated carbocycles. The number of hydrogen-bond acceptors (Lipinski definition) is 3. The Morgan fingerprint density at radius 2 is 2.43 bits per heavy atom. The lowest BCUT2D eigenvalue weighted by Crippen LogP contribution is -1.99. The fourth-order valence-corrected chi connectivity index (χ4v) is 0.734. The molecule has 0 aliphatic carbocycles. The molecule has 0 aliphatic rings. The summed E-state index contributed by atoms with van der Waals surface area (Å²) in [5.74, 6) is 2.10. The lowest BCUT2D eigenvalue weighted by Gasteiger charge is -1.96. The van der Waals surface area contributed by atoms with Gasteiger partial charge in [-0.05, 0) is 12.1 Å². The van der Waals surface area contributed by atoms with Gasteiger partial charge in [0.25, 0.3) is 0 Å². The van der Waals surface area contributed by atoms with Crippen LogP contribution >= 0.6 is 0 Å². The third kappa shape index (κ3) is 2.79. The average Bonchev–Trinajstić information content (AvgIpc) is 2.19. The molecule has 14 heavy (non-hydrogen) atoms. The predicted molar refractivity (Wildman–Crippen MR) is 49.9 cm³/mol. The second kappa shape index (κ2) is 4.87. The Morgan fingerprint density at radius 1 is 1.64 bits per heavy atom. The maximum absolute atomic E-state index is 10.4. The van der Waals surface area contributed by atoms with Crippen LogP contribution in [0.25, 0.3) is 0 Å². The number of carboxylic acid groups (broad SMARTS) is 1. The molecule has 4 heteroatoms. The summed E-state index contributed by atoms with van der Waals surface area (Å²) in [6, 6.07) is 2.88. The molecule has 1 rings (SSSR count). The van der Waals surface area contributed by atoms with Crippen LogP contribution in [-0.2, 0) is 0 Å². The highest BCUT2D eigenvalue weighted by atomic mass is 16.5. The molecule has 1 heterocycles. The Hall–Kier alpha value is -2.02. The SMILES string of the molecule is CCC#COc1ccc(C(=O)O)nc1. The van der Waals surface area contributed by atoms with E-state index in [9.17, 15) is 4.79 Å². The minimum Gasteiger partial charge on any atom is -0.477 e. The van der Waals surface area contributed by atoms with Gasteiger partial charge in [0.05, 0.1) is 6.20 Å². The van der Waals surface area contributed by atoms with Crippen molar-refractivity contribution in [2.24, 2.45) is 0 Å². The average molecular weight is 191 g/mol. The van der Waals surface area contributed by atoms with E-state index in [4.69, 9.17) is 9.84 Å². The molecule has 0 saturated heterocycles. The van der Waals surface area contributed by atoms with Crippen molar-refractivity contribution in [1.82, 2.24) is 4.98 Å². The Bertz CT molecular complexity index is 373. The number of ether oxygens (including phenoxy) is 1. The number of nitrogens with zero attached hydrogens (tertiary/aromatic N) is 1. The number of hydrogen-bond donors (Lipinski definition) is 1. The maximum Gasteiger partial charge on any atom is 0.354 e. The van der Waals surface area contributed by atoms with Gasteiger partial charge in [-0.25, -0.2) is 9.78 Å². The Balaban J connectivity index is 2.69. The van der Waals surface area contributed by atoms with Gasteiger partial charge in [-0.3, -0.25) is 0 Å². The largest absolute Gasteiger partial charge is 0.477 e. The summed E-state index contributed by atoms with van der Waals surface area (Å²) >= 11 is 0. The third-order valence-corrected chi connectivity index (χ3v) is 1.37. The van der Waals surface area contributed by atoms with E-state index in [1.54, 1.807) is 0 Å². The number of carbonyl (C=O) groups is 1. The van der Waals surface area contributed by atoms with Crippen LogP contribution in [0.4, 0.5) is 0 Å². The first-order valence-corrected chi connectivity index (χ1v) is 4.08. The first kappa shape index (κ1) is 10.1. The summed E-state index contributed by atoms with van der Waals surface area (Å²) in [6.07, 6.45) is 4.50. The van der Waals surface area contributed by atoms with Crippen LogP contribution in [0, 0.1) is 12.0 Å². The standard InChI is InChI=1S/C10H9NO3/c1-2-3-6-14-8-4-5-9(10(12)13)11-7-8/h4-5,7H,2H2,1H3,(H,12,13). The van der Waals surface area contributed by atoms with Crippen LogP contribution in [0.2, 0.25) is 0 Å². The van der Waals surface area contributed by atoms with Crippen molar-refractivity contribution in [3.8, 4) is 17.8 Å². The number of pyridine rings is 1. The minimum atomic E-state index is -1.06. The second-order valence-electron chi connectivity index (χ2n) is 2.42. The van der Waals surface area contributed by atoms with E-state index >= 15 is 0 Å². The van der Waals surface area contributed by atoms with Gasteiger partial charge in [-0.15, -0.1) is 0 Å². The molecule has 72 valence electrons. The molecule has 1 aromatic heterocycles. The Kier molecular flexibility index (Phi) is 3.50. The molecule has 0 unspecified atom stereocenters. The summed E-state index contributed by atoms with van der Waals surface area (Å²) in [6.45, 7) is 1.90. The van der Waals surface area contributed by atoms with Crippen LogP contribution in [0.15, 0.2) is 18.3 Å². The molecule has 4 nitrogen and oxygen atoms in total. The fraction of sp³-hybridized carbons (Fsp3) is 0.200. The first-order valence-electron chi connectivity index (χ1n) is 4.08. The summed E-state index contributed by atoms with van der Waals surface area (Å²) in [7, 11) is 0. The zero-order chi connectivity index (χ0) is 10.4. The summed E-state index contributed by atoms with van der Waals surface area (Å²) < 4.78 is 4.96. The van der Waals surface area contributed by atoms with Crippen LogP contribution in [-0.4, -0.2) is 16.1 Å². The molecule has 0 aromatic carbocycles. The third-order valence-electron chi connectivity index (χ3n) is 1.37. The maximum atomic E-state index is 10.4. The van der Waals surface area contributed by atoms with E-state index in [-0.39, 0.29) is 5.69 Å². The van der Waals surface area contributed by atoms with Gasteiger partial charge in [0, 0.05) is 6.42 Å². The number of aromatic nitrogens is 1. The van der Waals surface area contributed by atoms with Crippen molar-refractivity contribution in [3.63, 3.8) is 0 Å². The van der Waals surface area contributed by atoms with E-state index in [0.717, 1.165) is 0 Å². The fourth-order valence-electron chi connectivity index (χ4n) is 0.734. The summed E-state index contributed by atoms with van der Waals surface area (Å²) in [5.41, 5.74) is -0.0131. The van der Waals surface area contributed by atoms with Crippen LogP contribution in [0.3, 0.4) is 0 Å². The van der Waals surface area contributed by atoms with E-state index in [1.807, 2.05) is 6.92 Å². The van der Waals surface area contributed by atoms with Gasteiger partial charge in [-0.2, -0.15) is 0 Å². The Labute approximate surface area is 81.5 Å². The van der Waals surface area contributed by atoms with Crippen molar-refractivity contribution in [3.05, 3.63) is 24.0 Å². The molecule has 0 radical (unpaired) electrons. The Morgan fingerprint density at radius 3 is 2.93 bits per heavy atom. The highest BCUT2D eigenvalue weighted by molar-refractivity contribution is 5.85. The predicted octanol–water partition coefficient (Wildman–Crippen LogP) is 1.53. The zero-order valence-electron chi connectivity index (χ0n) is 7.65. The number of carboxylic acids is 1. The molecular weight excluding hydrogens is 182 g/mol. The number of rotatable bonds is 2. The highest BCUT2D eigenvalue weighted by Crippen LogP contribution is 2.08.